The van der Waals surface area contributed by atoms with Gasteiger partial charge in [0.1, 0.15) is 11.5 Å². The summed E-state index contributed by atoms with van der Waals surface area (Å²) in [7, 11) is 3.79. The standard InChI is InChI=1S/C27H35N3O5/c1-8-35-27(34)22-16(4)20(17(5)28-22)24(31)21-23(19-11-9-18(10-12-19)15(2)3)30(14-13-29(6)7)26(33)25(21)32/h9-12,15,23,28,31H,8,13-14H2,1-7H3/t23-/m1/s1. The summed E-state index contributed by atoms with van der Waals surface area (Å²) < 4.78 is 5.11. The van der Waals surface area contributed by atoms with Gasteiger partial charge in [-0.1, -0.05) is 38.1 Å². The molecule has 1 atom stereocenters. The molecule has 1 aliphatic rings. The molecule has 1 aliphatic heterocycles. The minimum Gasteiger partial charge on any atom is -0.507 e. The fourth-order valence-electron chi connectivity index (χ4n) is 4.48. The number of aromatic amines is 1. The van der Waals surface area contributed by atoms with Gasteiger partial charge in [0.15, 0.2) is 0 Å². The highest BCUT2D eigenvalue weighted by Crippen LogP contribution is 2.41. The smallest absolute Gasteiger partial charge is 0.355 e. The molecule has 8 heteroatoms. The third kappa shape index (κ3) is 5.03. The van der Waals surface area contributed by atoms with Crippen molar-refractivity contribution in [2.45, 2.75) is 46.6 Å². The third-order valence-electron chi connectivity index (χ3n) is 6.40. The first-order valence-corrected chi connectivity index (χ1v) is 11.9. The second-order valence-corrected chi connectivity index (χ2v) is 9.46. The summed E-state index contributed by atoms with van der Waals surface area (Å²) in [6.07, 6.45) is 0. The van der Waals surface area contributed by atoms with Gasteiger partial charge in [-0.3, -0.25) is 9.59 Å². The molecule has 1 saturated heterocycles. The topological polar surface area (TPSA) is 103 Å². The zero-order valence-corrected chi connectivity index (χ0v) is 21.6. The van der Waals surface area contributed by atoms with Crippen molar-refractivity contribution in [1.82, 2.24) is 14.8 Å². The average Bonchev–Trinajstić information content (AvgIpc) is 3.24. The lowest BCUT2D eigenvalue weighted by Crippen LogP contribution is -2.35. The Labute approximate surface area is 206 Å². The number of aromatic nitrogens is 1. The number of amides is 1. The molecule has 0 spiro atoms. The third-order valence-corrected chi connectivity index (χ3v) is 6.40. The SMILES string of the molecule is CCOC(=O)c1[nH]c(C)c(C(O)=C2C(=O)C(=O)N(CCN(C)C)[C@@H]2c2ccc(C(C)C)cc2)c1C. The number of ketones is 1. The van der Waals surface area contributed by atoms with Crippen molar-refractivity contribution in [3.8, 4) is 0 Å². The number of H-pyrrole nitrogens is 1. The van der Waals surface area contributed by atoms with Gasteiger partial charge in [0.25, 0.3) is 11.7 Å². The number of benzene rings is 1. The Bertz CT molecular complexity index is 1160. The lowest BCUT2D eigenvalue weighted by molar-refractivity contribution is -0.140. The van der Waals surface area contributed by atoms with E-state index in [1.165, 1.54) is 4.90 Å². The molecule has 0 saturated carbocycles. The van der Waals surface area contributed by atoms with Gasteiger partial charge in [0.2, 0.25) is 0 Å². The number of likely N-dealkylation sites (tertiary alicyclic amines) is 1. The molecule has 188 valence electrons. The maximum Gasteiger partial charge on any atom is 0.355 e. The number of Topliss-reactive ketones (excluding diaryl/α,β-unsaturated/α-hetero) is 1. The molecule has 0 aliphatic carbocycles. The number of esters is 1. The van der Waals surface area contributed by atoms with E-state index in [1.807, 2.05) is 43.3 Å². The van der Waals surface area contributed by atoms with E-state index in [4.69, 9.17) is 4.74 Å². The molecular formula is C27H35N3O5. The van der Waals surface area contributed by atoms with Gasteiger partial charge in [-0.15, -0.1) is 0 Å². The van der Waals surface area contributed by atoms with Gasteiger partial charge in [-0.05, 0) is 57.5 Å². The Hall–Kier alpha value is -3.39. The first-order valence-electron chi connectivity index (χ1n) is 11.9. The maximum absolute atomic E-state index is 13.3. The molecular weight excluding hydrogens is 446 g/mol. The first-order chi connectivity index (χ1) is 16.5. The number of aliphatic hydroxyl groups is 1. The molecule has 2 heterocycles. The molecule has 1 aromatic carbocycles. The summed E-state index contributed by atoms with van der Waals surface area (Å²) in [5.41, 5.74) is 3.42. The number of carbonyl (C=O) groups excluding carboxylic acids is 3. The summed E-state index contributed by atoms with van der Waals surface area (Å²) >= 11 is 0. The summed E-state index contributed by atoms with van der Waals surface area (Å²) in [6.45, 7) is 10.4. The summed E-state index contributed by atoms with van der Waals surface area (Å²) in [5, 5.41) is 11.5. The van der Waals surface area contributed by atoms with E-state index in [1.54, 1.807) is 20.8 Å². The van der Waals surface area contributed by atoms with Gasteiger partial charge in [-0.2, -0.15) is 0 Å². The predicted octanol–water partition coefficient (Wildman–Crippen LogP) is 3.91. The number of likely N-dealkylation sites (N-methyl/N-ethyl adjacent to an activating group) is 1. The Morgan fingerprint density at radius 1 is 1.17 bits per heavy atom. The number of rotatable bonds is 8. The lowest BCUT2D eigenvalue weighted by Gasteiger charge is -2.27. The van der Waals surface area contributed by atoms with E-state index >= 15 is 0 Å². The lowest BCUT2D eigenvalue weighted by atomic mass is 9.92. The Balaban J connectivity index is 2.19. The number of hydrogen-bond donors (Lipinski definition) is 2. The van der Waals surface area contributed by atoms with Gasteiger partial charge >= 0.3 is 5.97 Å². The highest BCUT2D eigenvalue weighted by atomic mass is 16.5. The van der Waals surface area contributed by atoms with Crippen molar-refractivity contribution in [3.05, 3.63) is 63.5 Å². The van der Waals surface area contributed by atoms with Crippen molar-refractivity contribution in [3.63, 3.8) is 0 Å². The van der Waals surface area contributed by atoms with Crippen molar-refractivity contribution < 1.29 is 24.2 Å². The summed E-state index contributed by atoms with van der Waals surface area (Å²) in [6, 6.07) is 7.04. The van der Waals surface area contributed by atoms with Crippen LogP contribution in [-0.4, -0.2) is 71.3 Å². The highest BCUT2D eigenvalue weighted by molar-refractivity contribution is 6.46. The molecule has 0 unspecified atom stereocenters. The van der Waals surface area contributed by atoms with Crippen LogP contribution in [0.15, 0.2) is 29.8 Å². The van der Waals surface area contributed by atoms with Crippen LogP contribution < -0.4 is 0 Å². The Morgan fingerprint density at radius 2 is 1.80 bits per heavy atom. The molecule has 0 bridgehead atoms. The molecule has 2 N–H and O–H groups in total. The molecule has 8 nitrogen and oxygen atoms in total. The quantitative estimate of drug-likeness (QED) is 0.256. The van der Waals surface area contributed by atoms with Crippen LogP contribution in [-0.2, 0) is 14.3 Å². The zero-order valence-electron chi connectivity index (χ0n) is 21.6. The van der Waals surface area contributed by atoms with Gasteiger partial charge in [-0.25, -0.2) is 4.79 Å². The minimum atomic E-state index is -0.740. The second kappa shape index (κ2) is 10.5. The van der Waals surface area contributed by atoms with Crippen LogP contribution in [0.25, 0.3) is 5.76 Å². The predicted molar refractivity (Wildman–Crippen MR) is 134 cm³/mol. The highest BCUT2D eigenvalue weighted by Gasteiger charge is 2.46. The van der Waals surface area contributed by atoms with E-state index in [-0.39, 0.29) is 23.6 Å². The fourth-order valence-corrected chi connectivity index (χ4v) is 4.48. The number of aryl methyl sites for hydroxylation is 1. The molecule has 35 heavy (non-hydrogen) atoms. The average molecular weight is 482 g/mol. The summed E-state index contributed by atoms with van der Waals surface area (Å²) in [5.74, 6) is -1.90. The zero-order chi connectivity index (χ0) is 26.0. The number of ether oxygens (including phenoxy) is 1. The van der Waals surface area contributed by atoms with E-state index < -0.39 is 23.7 Å². The van der Waals surface area contributed by atoms with Crippen molar-refractivity contribution in [2.24, 2.45) is 0 Å². The van der Waals surface area contributed by atoms with Gasteiger partial charge in [0, 0.05) is 24.3 Å². The van der Waals surface area contributed by atoms with Crippen LogP contribution in [0.1, 0.15) is 71.2 Å². The van der Waals surface area contributed by atoms with E-state index in [2.05, 4.69) is 18.8 Å². The van der Waals surface area contributed by atoms with Crippen molar-refractivity contribution in [2.75, 3.05) is 33.8 Å². The second-order valence-electron chi connectivity index (χ2n) is 9.46. The van der Waals surface area contributed by atoms with Crippen LogP contribution in [0.5, 0.6) is 0 Å². The van der Waals surface area contributed by atoms with E-state index in [9.17, 15) is 19.5 Å². The Morgan fingerprint density at radius 3 is 2.34 bits per heavy atom. The summed E-state index contributed by atoms with van der Waals surface area (Å²) in [4.78, 5) is 45.2. The number of carbonyl (C=O) groups is 3. The largest absolute Gasteiger partial charge is 0.507 e. The maximum atomic E-state index is 13.3. The first kappa shape index (κ1) is 26.2. The monoisotopic (exact) mass is 481 g/mol. The van der Waals surface area contributed by atoms with E-state index in [0.717, 1.165) is 11.1 Å². The van der Waals surface area contributed by atoms with Crippen LogP contribution >= 0.6 is 0 Å². The molecule has 1 amide bonds. The molecule has 0 radical (unpaired) electrons. The van der Waals surface area contributed by atoms with Crippen LogP contribution in [0.4, 0.5) is 0 Å². The fraction of sp³-hybridized carbons (Fsp3) is 0.444. The minimum absolute atomic E-state index is 0.0201. The van der Waals surface area contributed by atoms with Gasteiger partial charge < -0.3 is 24.6 Å². The van der Waals surface area contributed by atoms with Crippen LogP contribution in [0, 0.1) is 13.8 Å². The number of nitrogens with zero attached hydrogens (tertiary/aromatic N) is 2. The van der Waals surface area contributed by atoms with Crippen LogP contribution in [0.3, 0.4) is 0 Å². The Kier molecular flexibility index (Phi) is 7.85. The van der Waals surface area contributed by atoms with Crippen molar-refractivity contribution in [1.29, 1.82) is 0 Å². The number of nitrogens with one attached hydrogen (secondary N) is 1. The molecule has 2 aromatic rings. The molecule has 1 fully saturated rings. The number of hydrogen-bond acceptors (Lipinski definition) is 6. The van der Waals surface area contributed by atoms with Crippen molar-refractivity contribution >= 4 is 23.4 Å². The molecule has 3 rings (SSSR count). The van der Waals surface area contributed by atoms with Crippen LogP contribution in [0.2, 0.25) is 0 Å². The van der Waals surface area contributed by atoms with Gasteiger partial charge in [0.05, 0.1) is 18.2 Å². The normalized spacial score (nSPS) is 17.6. The molecule has 1 aromatic heterocycles. The number of aliphatic hydroxyl groups excluding tert-OH is 1. The van der Waals surface area contributed by atoms with E-state index in [0.29, 0.717) is 35.8 Å².